The fourth-order valence-corrected chi connectivity index (χ4v) is 11.3. The van der Waals surface area contributed by atoms with Gasteiger partial charge in [-0.2, -0.15) is 0 Å². The van der Waals surface area contributed by atoms with Crippen LogP contribution in [0.2, 0.25) is 5.04 Å². The van der Waals surface area contributed by atoms with E-state index in [0.29, 0.717) is 0 Å². The van der Waals surface area contributed by atoms with E-state index in [2.05, 4.69) is 88.4 Å². The molecule has 222 valence electrons. The molecular weight excluding hydrogens is 538 g/mol. The smallest absolute Gasteiger partial charge is 0.417 e. The first-order chi connectivity index (χ1) is 19.8. The molecular formula is C36H45NO4Si. The minimum atomic E-state index is -2.90. The van der Waals surface area contributed by atoms with Gasteiger partial charge in [0.1, 0.15) is 5.60 Å². The van der Waals surface area contributed by atoms with Gasteiger partial charge in [0.15, 0.2) is 0 Å². The highest BCUT2D eigenvalue weighted by atomic mass is 28.4. The molecule has 1 aliphatic heterocycles. The Morgan fingerprint density at radius 2 is 1.36 bits per heavy atom. The van der Waals surface area contributed by atoms with Crippen LogP contribution in [0.5, 0.6) is 0 Å². The molecule has 0 aliphatic carbocycles. The monoisotopic (exact) mass is 583 g/mol. The van der Waals surface area contributed by atoms with Crippen molar-refractivity contribution in [1.82, 2.24) is 4.90 Å². The van der Waals surface area contributed by atoms with Crippen LogP contribution in [0.1, 0.15) is 67.1 Å². The number of carbonyl (C=O) groups excluding carboxylic acids is 2. The number of cyclic esters (lactones) is 1. The van der Waals surface area contributed by atoms with Crippen molar-refractivity contribution in [3.05, 3.63) is 109 Å². The van der Waals surface area contributed by atoms with Crippen molar-refractivity contribution in [2.24, 2.45) is 11.8 Å². The molecule has 6 heteroatoms. The van der Waals surface area contributed by atoms with Gasteiger partial charge in [0.2, 0.25) is 0 Å². The summed E-state index contributed by atoms with van der Waals surface area (Å²) in [5.41, 5.74) is 0.288. The van der Waals surface area contributed by atoms with E-state index in [0.717, 1.165) is 5.56 Å². The van der Waals surface area contributed by atoms with Gasteiger partial charge in [-0.1, -0.05) is 139 Å². The van der Waals surface area contributed by atoms with Crippen LogP contribution >= 0.6 is 0 Å². The summed E-state index contributed by atoms with van der Waals surface area (Å²) in [6, 6.07) is 31.0. The number of hydrogen-bond donors (Lipinski definition) is 0. The molecule has 1 saturated heterocycles. The van der Waals surface area contributed by atoms with Crippen LogP contribution in [0, 0.1) is 11.8 Å². The van der Waals surface area contributed by atoms with Crippen molar-refractivity contribution >= 4 is 30.7 Å². The van der Waals surface area contributed by atoms with Crippen LogP contribution in [-0.2, 0) is 14.0 Å². The Morgan fingerprint density at radius 3 is 1.81 bits per heavy atom. The highest BCUT2D eigenvalue weighted by Gasteiger charge is 2.53. The zero-order chi connectivity index (χ0) is 30.7. The zero-order valence-corrected chi connectivity index (χ0v) is 27.2. The second kappa shape index (κ2) is 12.4. The Labute approximate surface area is 252 Å². The Morgan fingerprint density at radius 1 is 0.881 bits per heavy atom. The molecule has 1 heterocycles. The highest BCUT2D eigenvalue weighted by Crippen LogP contribution is 2.42. The Balaban J connectivity index is 1.78. The van der Waals surface area contributed by atoms with Gasteiger partial charge in [-0.3, -0.25) is 4.79 Å². The molecule has 1 fully saturated rings. The van der Waals surface area contributed by atoms with Gasteiger partial charge in [-0.15, -0.1) is 0 Å². The lowest BCUT2D eigenvalue weighted by Gasteiger charge is -2.46. The van der Waals surface area contributed by atoms with Gasteiger partial charge in [0, 0.05) is 12.0 Å². The summed E-state index contributed by atoms with van der Waals surface area (Å²) < 4.78 is 13.2. The van der Waals surface area contributed by atoms with Gasteiger partial charge in [-0.05, 0) is 40.7 Å². The third-order valence-electron chi connectivity index (χ3n) is 8.27. The third kappa shape index (κ3) is 6.15. The third-order valence-corrected chi connectivity index (χ3v) is 13.3. The van der Waals surface area contributed by atoms with Gasteiger partial charge in [-0.25, -0.2) is 9.69 Å². The van der Waals surface area contributed by atoms with Crippen molar-refractivity contribution < 1.29 is 18.8 Å². The lowest BCUT2D eigenvalue weighted by Crippen LogP contribution is -2.67. The first-order valence-corrected chi connectivity index (χ1v) is 16.8. The van der Waals surface area contributed by atoms with Crippen molar-refractivity contribution in [2.45, 2.75) is 78.2 Å². The fourth-order valence-electron chi connectivity index (χ4n) is 6.51. The minimum absolute atomic E-state index is 0.0526. The number of carbonyl (C=O) groups is 2. The second-order valence-electron chi connectivity index (χ2n) is 13.2. The first kappa shape index (κ1) is 31.5. The first-order valence-electron chi connectivity index (χ1n) is 14.9. The van der Waals surface area contributed by atoms with E-state index in [1.54, 1.807) is 0 Å². The van der Waals surface area contributed by atoms with Gasteiger partial charge >= 0.3 is 6.09 Å². The summed E-state index contributed by atoms with van der Waals surface area (Å²) in [6.07, 6.45) is 2.47. The van der Waals surface area contributed by atoms with E-state index in [1.165, 1.54) is 21.3 Å². The zero-order valence-electron chi connectivity index (χ0n) is 26.2. The fraction of sp³-hybridized carbons (Fsp3) is 0.389. The Kier molecular flexibility index (Phi) is 9.29. The number of rotatable bonds is 9. The summed E-state index contributed by atoms with van der Waals surface area (Å²) in [5.74, 6) is -0.493. The van der Waals surface area contributed by atoms with Crippen LogP contribution in [0.4, 0.5) is 4.79 Å². The number of ether oxygens (including phenoxy) is 1. The van der Waals surface area contributed by atoms with Gasteiger partial charge < -0.3 is 9.16 Å². The predicted octanol–water partition coefficient (Wildman–Crippen LogP) is 7.28. The lowest BCUT2D eigenvalue weighted by atomic mass is 9.89. The molecule has 0 radical (unpaired) electrons. The molecule has 0 spiro atoms. The lowest BCUT2D eigenvalue weighted by molar-refractivity contribution is -0.125. The standard InChI is InChI=1S/C36H45NO4Si/c1-26(2)33-36(7,8)40-34(39)37(33)31(38)25-24-27(3)32(28-18-12-9-13-19-28)41-42(35(4,5)6,29-20-14-10-15-21-29)30-22-16-11-17-23-30/h9-27,32-33H,1-8H3/b25-24+/t27-,32+,33?/m0/s1. The average molecular weight is 584 g/mol. The molecule has 3 atom stereocenters. The largest absolute Gasteiger partial charge is 0.441 e. The molecule has 0 bridgehead atoms. The van der Waals surface area contributed by atoms with E-state index in [9.17, 15) is 9.59 Å². The molecule has 0 aromatic heterocycles. The average Bonchev–Trinajstić information content (AvgIpc) is 3.21. The normalized spacial score (nSPS) is 18.7. The van der Waals surface area contributed by atoms with E-state index in [1.807, 2.05) is 64.1 Å². The van der Waals surface area contributed by atoms with Crippen molar-refractivity contribution in [3.63, 3.8) is 0 Å². The molecule has 5 nitrogen and oxygen atoms in total. The number of amides is 2. The molecule has 42 heavy (non-hydrogen) atoms. The van der Waals surface area contributed by atoms with Crippen molar-refractivity contribution in [3.8, 4) is 0 Å². The Hall–Kier alpha value is -3.48. The second-order valence-corrected chi connectivity index (χ2v) is 17.5. The summed E-state index contributed by atoms with van der Waals surface area (Å²) in [7, 11) is -2.90. The summed E-state index contributed by atoms with van der Waals surface area (Å²) >= 11 is 0. The van der Waals surface area contributed by atoms with Gasteiger partial charge in [0.25, 0.3) is 14.2 Å². The number of nitrogens with zero attached hydrogens (tertiary/aromatic N) is 1. The van der Waals surface area contributed by atoms with E-state index < -0.39 is 20.0 Å². The van der Waals surface area contributed by atoms with Crippen LogP contribution in [0.15, 0.2) is 103 Å². The summed E-state index contributed by atoms with van der Waals surface area (Å²) in [6.45, 7) is 16.6. The quantitative estimate of drug-likeness (QED) is 0.196. The predicted molar refractivity (Wildman–Crippen MR) is 172 cm³/mol. The summed E-state index contributed by atoms with van der Waals surface area (Å²) in [5, 5.41) is 2.18. The molecule has 3 aromatic carbocycles. The minimum Gasteiger partial charge on any atom is -0.441 e. The van der Waals surface area contributed by atoms with Crippen molar-refractivity contribution in [1.29, 1.82) is 0 Å². The van der Waals surface area contributed by atoms with Crippen molar-refractivity contribution in [2.75, 3.05) is 0 Å². The highest BCUT2D eigenvalue weighted by molar-refractivity contribution is 6.99. The topological polar surface area (TPSA) is 55.8 Å². The maximum atomic E-state index is 13.5. The van der Waals surface area contributed by atoms with Gasteiger partial charge in [0.05, 0.1) is 12.1 Å². The molecule has 1 aliphatic rings. The number of benzene rings is 3. The van der Waals surface area contributed by atoms with Crippen LogP contribution < -0.4 is 10.4 Å². The van der Waals surface area contributed by atoms with E-state index in [-0.39, 0.29) is 34.9 Å². The molecule has 1 unspecified atom stereocenters. The van der Waals surface area contributed by atoms with Crippen LogP contribution in [0.25, 0.3) is 0 Å². The maximum absolute atomic E-state index is 13.5. The number of hydrogen-bond acceptors (Lipinski definition) is 4. The Bertz CT molecular complexity index is 1340. The molecule has 3 aromatic rings. The molecule has 2 amide bonds. The maximum Gasteiger partial charge on any atom is 0.417 e. The molecule has 0 N–H and O–H groups in total. The van der Waals surface area contributed by atoms with Crippen LogP contribution in [-0.4, -0.2) is 36.9 Å². The molecule has 4 rings (SSSR count). The van der Waals surface area contributed by atoms with E-state index >= 15 is 0 Å². The molecule has 0 saturated carbocycles. The van der Waals surface area contributed by atoms with E-state index in [4.69, 9.17) is 9.16 Å². The number of imide groups is 1. The van der Waals surface area contributed by atoms with Crippen LogP contribution in [0.3, 0.4) is 0 Å². The summed E-state index contributed by atoms with van der Waals surface area (Å²) in [4.78, 5) is 27.6. The SMILES string of the molecule is CC(C)C1N(C(=O)/C=C/[C@H](C)[C@@H](O[Si](c2ccccc2)(c2ccccc2)C(C)(C)C)c2ccccc2)C(=O)OC1(C)C.